The van der Waals surface area contributed by atoms with E-state index in [1.807, 2.05) is 0 Å². The van der Waals surface area contributed by atoms with E-state index in [-0.39, 0.29) is 0 Å². The number of benzene rings is 1. The molecule has 2 rings (SSSR count). The minimum atomic E-state index is 0.783. The average molecular weight is 323 g/mol. The maximum Gasteiger partial charge on any atom is 0.196 e. The molecule has 0 radical (unpaired) electrons. The zero-order chi connectivity index (χ0) is 13.7. The molecule has 0 bridgehead atoms. The van der Waals surface area contributed by atoms with Crippen LogP contribution >= 0.6 is 15.9 Å². The third-order valence-electron chi connectivity index (χ3n) is 2.89. The molecule has 0 amide bonds. The highest BCUT2D eigenvalue weighted by Gasteiger charge is 2.09. The van der Waals surface area contributed by atoms with E-state index >= 15 is 0 Å². The lowest BCUT2D eigenvalue weighted by atomic mass is 10.1. The Morgan fingerprint density at radius 1 is 1.32 bits per heavy atom. The fraction of sp³-hybridized carbons (Fsp3) is 0.400. The van der Waals surface area contributed by atoms with Crippen molar-refractivity contribution in [2.24, 2.45) is 0 Å². The van der Waals surface area contributed by atoms with Crippen molar-refractivity contribution in [2.45, 2.75) is 26.7 Å². The summed E-state index contributed by atoms with van der Waals surface area (Å²) in [6.07, 6.45) is 3.77. The van der Waals surface area contributed by atoms with Crippen LogP contribution in [0.25, 0.3) is 11.3 Å². The summed E-state index contributed by atoms with van der Waals surface area (Å²) in [4.78, 5) is 4.33. The smallest absolute Gasteiger partial charge is 0.196 e. The molecule has 0 aliphatic rings. The molecule has 0 aliphatic carbocycles. The Hall–Kier alpha value is -1.13. The molecule has 102 valence electrons. The number of halogens is 1. The van der Waals surface area contributed by atoms with Crippen molar-refractivity contribution in [1.82, 2.24) is 10.3 Å². The zero-order valence-electron chi connectivity index (χ0n) is 11.4. The van der Waals surface area contributed by atoms with E-state index in [0.29, 0.717) is 0 Å². The molecule has 0 unspecified atom stereocenters. The third-order valence-corrected chi connectivity index (χ3v) is 3.54. The first-order chi connectivity index (χ1) is 9.20. The topological polar surface area (TPSA) is 38.1 Å². The van der Waals surface area contributed by atoms with Gasteiger partial charge in [0, 0.05) is 23.0 Å². The number of oxazole rings is 1. The van der Waals surface area contributed by atoms with Crippen LogP contribution in [-0.2, 0) is 6.42 Å². The molecule has 3 nitrogen and oxygen atoms in total. The van der Waals surface area contributed by atoms with Crippen molar-refractivity contribution in [2.75, 3.05) is 13.1 Å². The molecule has 0 saturated carbocycles. The van der Waals surface area contributed by atoms with Gasteiger partial charge < -0.3 is 9.73 Å². The molecule has 1 aromatic heterocycles. The van der Waals surface area contributed by atoms with Crippen LogP contribution in [0.15, 0.2) is 33.3 Å². The van der Waals surface area contributed by atoms with Crippen molar-refractivity contribution in [3.05, 3.63) is 40.3 Å². The van der Waals surface area contributed by atoms with Crippen LogP contribution in [0, 0.1) is 6.92 Å². The van der Waals surface area contributed by atoms with Gasteiger partial charge in [0.2, 0.25) is 0 Å². The quantitative estimate of drug-likeness (QED) is 0.818. The van der Waals surface area contributed by atoms with E-state index in [2.05, 4.69) is 58.3 Å². The molecule has 2 aromatic rings. The lowest BCUT2D eigenvalue weighted by molar-refractivity contribution is 0.495. The van der Waals surface area contributed by atoms with Gasteiger partial charge in [-0.15, -0.1) is 0 Å². The van der Waals surface area contributed by atoms with Crippen LogP contribution in [0.4, 0.5) is 0 Å². The predicted molar refractivity (Wildman–Crippen MR) is 81.2 cm³/mol. The summed E-state index contributed by atoms with van der Waals surface area (Å²) in [5.41, 5.74) is 2.27. The van der Waals surface area contributed by atoms with E-state index in [1.54, 1.807) is 6.20 Å². The van der Waals surface area contributed by atoms with Gasteiger partial charge in [0.05, 0.1) is 6.20 Å². The highest BCUT2D eigenvalue weighted by atomic mass is 79.9. The Balaban J connectivity index is 2.04. The molecule has 0 saturated heterocycles. The maximum atomic E-state index is 5.79. The van der Waals surface area contributed by atoms with Crippen LogP contribution in [0.5, 0.6) is 0 Å². The second-order valence-corrected chi connectivity index (χ2v) is 5.46. The first-order valence-electron chi connectivity index (χ1n) is 6.62. The van der Waals surface area contributed by atoms with E-state index in [1.165, 1.54) is 5.56 Å². The van der Waals surface area contributed by atoms with E-state index < -0.39 is 0 Å². The number of aromatic nitrogens is 1. The van der Waals surface area contributed by atoms with E-state index in [4.69, 9.17) is 4.42 Å². The number of rotatable bonds is 6. The molecule has 19 heavy (non-hydrogen) atoms. The Morgan fingerprint density at radius 3 is 2.89 bits per heavy atom. The normalized spacial score (nSPS) is 10.9. The van der Waals surface area contributed by atoms with E-state index in [9.17, 15) is 0 Å². The molecule has 1 N–H and O–H groups in total. The lowest BCUT2D eigenvalue weighted by Gasteiger charge is -2.02. The second-order valence-electron chi connectivity index (χ2n) is 4.60. The Kier molecular flexibility index (Phi) is 5.16. The first-order valence-corrected chi connectivity index (χ1v) is 7.42. The molecule has 0 spiro atoms. The summed E-state index contributed by atoms with van der Waals surface area (Å²) in [7, 11) is 0. The summed E-state index contributed by atoms with van der Waals surface area (Å²) < 4.78 is 6.83. The average Bonchev–Trinajstić information content (AvgIpc) is 2.83. The summed E-state index contributed by atoms with van der Waals surface area (Å²) in [6.45, 7) is 6.17. The number of nitrogens with zero attached hydrogens (tertiary/aromatic N) is 1. The monoisotopic (exact) mass is 322 g/mol. The standard InChI is InChI=1S/C15H19BrN2O/c1-3-7-17-8-6-15-18-10-14(19-15)12-5-4-11(2)9-13(12)16/h4-5,9-10,17H,3,6-8H2,1-2H3. The Labute approximate surface area is 122 Å². The molecule has 1 aromatic carbocycles. The lowest BCUT2D eigenvalue weighted by Crippen LogP contribution is -2.17. The Bertz CT molecular complexity index is 537. The van der Waals surface area contributed by atoms with Crippen molar-refractivity contribution in [3.63, 3.8) is 0 Å². The molecule has 4 heteroatoms. The molecule has 0 fully saturated rings. The zero-order valence-corrected chi connectivity index (χ0v) is 13.0. The fourth-order valence-electron chi connectivity index (χ4n) is 1.87. The van der Waals surface area contributed by atoms with Gasteiger partial charge in [-0.3, -0.25) is 0 Å². The van der Waals surface area contributed by atoms with Crippen molar-refractivity contribution in [1.29, 1.82) is 0 Å². The number of aryl methyl sites for hydroxylation is 1. The van der Waals surface area contributed by atoms with Crippen LogP contribution in [-0.4, -0.2) is 18.1 Å². The first kappa shape index (κ1) is 14.3. The van der Waals surface area contributed by atoms with E-state index in [0.717, 1.165) is 47.6 Å². The van der Waals surface area contributed by atoms with Crippen molar-refractivity contribution < 1.29 is 4.42 Å². The van der Waals surface area contributed by atoms with Crippen LogP contribution in [0.3, 0.4) is 0 Å². The maximum absolute atomic E-state index is 5.79. The van der Waals surface area contributed by atoms with Gasteiger partial charge >= 0.3 is 0 Å². The number of hydrogen-bond acceptors (Lipinski definition) is 3. The van der Waals surface area contributed by atoms with Gasteiger partial charge in [-0.05, 0) is 37.6 Å². The number of nitrogens with one attached hydrogen (secondary N) is 1. The Morgan fingerprint density at radius 2 is 2.16 bits per heavy atom. The molecular weight excluding hydrogens is 304 g/mol. The van der Waals surface area contributed by atoms with Gasteiger partial charge in [0.25, 0.3) is 0 Å². The molecule has 0 aliphatic heterocycles. The summed E-state index contributed by atoms with van der Waals surface area (Å²) in [6, 6.07) is 6.21. The third kappa shape index (κ3) is 3.91. The number of hydrogen-bond donors (Lipinski definition) is 1. The highest BCUT2D eigenvalue weighted by Crippen LogP contribution is 2.29. The predicted octanol–water partition coefficient (Wildman–Crippen LogP) is 3.95. The molecular formula is C15H19BrN2O. The van der Waals surface area contributed by atoms with Crippen LogP contribution < -0.4 is 5.32 Å². The minimum Gasteiger partial charge on any atom is -0.441 e. The van der Waals surface area contributed by atoms with Gasteiger partial charge in [-0.25, -0.2) is 4.98 Å². The summed E-state index contributed by atoms with van der Waals surface area (Å²) >= 11 is 3.57. The van der Waals surface area contributed by atoms with Gasteiger partial charge in [0.15, 0.2) is 11.7 Å². The van der Waals surface area contributed by atoms with Gasteiger partial charge in [0.1, 0.15) is 0 Å². The summed E-state index contributed by atoms with van der Waals surface area (Å²) in [5.74, 6) is 1.60. The van der Waals surface area contributed by atoms with Crippen LogP contribution in [0.1, 0.15) is 24.8 Å². The van der Waals surface area contributed by atoms with Crippen molar-refractivity contribution >= 4 is 15.9 Å². The van der Waals surface area contributed by atoms with Crippen molar-refractivity contribution in [3.8, 4) is 11.3 Å². The van der Waals surface area contributed by atoms with Gasteiger partial charge in [-0.2, -0.15) is 0 Å². The fourth-order valence-corrected chi connectivity index (χ4v) is 2.56. The molecule has 0 atom stereocenters. The second kappa shape index (κ2) is 6.87. The molecule has 1 heterocycles. The van der Waals surface area contributed by atoms with Crippen LogP contribution in [0.2, 0.25) is 0 Å². The minimum absolute atomic E-state index is 0.783. The van der Waals surface area contributed by atoms with Gasteiger partial charge in [-0.1, -0.05) is 28.9 Å². The highest BCUT2D eigenvalue weighted by molar-refractivity contribution is 9.10. The SMILES string of the molecule is CCCNCCc1ncc(-c2ccc(C)cc2Br)o1. The summed E-state index contributed by atoms with van der Waals surface area (Å²) in [5, 5.41) is 3.34. The largest absolute Gasteiger partial charge is 0.441 e.